The van der Waals surface area contributed by atoms with Crippen LogP contribution >= 0.6 is 23.2 Å². The smallest absolute Gasteiger partial charge is 0.219 e. The van der Waals surface area contributed by atoms with Gasteiger partial charge in [-0.25, -0.2) is 0 Å². The first-order chi connectivity index (χ1) is 5.16. The van der Waals surface area contributed by atoms with Gasteiger partial charge in [-0.2, -0.15) is 0 Å². The molecule has 1 aromatic heterocycles. The van der Waals surface area contributed by atoms with Gasteiger partial charge < -0.3 is 10.7 Å². The summed E-state index contributed by atoms with van der Waals surface area (Å²) in [7, 11) is 0. The summed E-state index contributed by atoms with van der Waals surface area (Å²) in [5.74, 6) is 0. The lowest BCUT2D eigenvalue weighted by Gasteiger charge is -1.99. The van der Waals surface area contributed by atoms with Crippen molar-refractivity contribution in [1.29, 1.82) is 0 Å². The predicted molar refractivity (Wildman–Crippen MR) is 45.0 cm³/mol. The van der Waals surface area contributed by atoms with Crippen LogP contribution in [0.25, 0.3) is 0 Å². The summed E-state index contributed by atoms with van der Waals surface area (Å²) in [6.45, 7) is 0.200. The minimum Gasteiger partial charge on any atom is -0.361 e. The summed E-state index contributed by atoms with van der Waals surface area (Å²) in [4.78, 5) is 13.7. The summed E-state index contributed by atoms with van der Waals surface area (Å²) >= 11 is 11.1. The number of nitrogens with two attached hydrogens (primary N) is 1. The Kier molecular flexibility index (Phi) is 2.54. The van der Waals surface area contributed by atoms with E-state index in [9.17, 15) is 4.79 Å². The molecule has 1 aromatic rings. The Labute approximate surface area is 73.1 Å². The van der Waals surface area contributed by atoms with Gasteiger partial charge in [0.2, 0.25) is 5.43 Å². The van der Waals surface area contributed by atoms with Gasteiger partial charge in [-0.3, -0.25) is 4.79 Å². The number of hydrogen-bond acceptors (Lipinski definition) is 2. The largest absolute Gasteiger partial charge is 0.361 e. The zero-order chi connectivity index (χ0) is 8.43. The SMILES string of the molecule is NCc1[nH]cc(Cl)c(=O)c1Cl. The second-order valence-electron chi connectivity index (χ2n) is 1.96. The van der Waals surface area contributed by atoms with Crippen molar-refractivity contribution in [3.8, 4) is 0 Å². The van der Waals surface area contributed by atoms with Gasteiger partial charge in [0.15, 0.2) is 0 Å². The van der Waals surface area contributed by atoms with E-state index >= 15 is 0 Å². The lowest BCUT2D eigenvalue weighted by molar-refractivity contribution is 0.986. The molecule has 0 atom stereocenters. The van der Waals surface area contributed by atoms with Gasteiger partial charge in [0.1, 0.15) is 10.0 Å². The molecule has 0 spiro atoms. The van der Waals surface area contributed by atoms with Crippen molar-refractivity contribution in [2.45, 2.75) is 6.54 Å². The van der Waals surface area contributed by atoms with E-state index in [-0.39, 0.29) is 22.0 Å². The maximum absolute atomic E-state index is 11.0. The van der Waals surface area contributed by atoms with E-state index in [1.54, 1.807) is 0 Å². The molecule has 0 amide bonds. The normalized spacial score (nSPS) is 10.1. The van der Waals surface area contributed by atoms with Crippen LogP contribution in [0, 0.1) is 0 Å². The number of halogens is 2. The van der Waals surface area contributed by atoms with Gasteiger partial charge >= 0.3 is 0 Å². The van der Waals surface area contributed by atoms with Crippen LogP contribution in [-0.4, -0.2) is 4.98 Å². The molecule has 5 heteroatoms. The molecule has 0 aliphatic rings. The lowest BCUT2D eigenvalue weighted by atomic mass is 10.3. The van der Waals surface area contributed by atoms with Crippen molar-refractivity contribution < 1.29 is 0 Å². The highest BCUT2D eigenvalue weighted by molar-refractivity contribution is 6.34. The Morgan fingerprint density at radius 2 is 2.18 bits per heavy atom. The van der Waals surface area contributed by atoms with Gasteiger partial charge in [-0.05, 0) is 0 Å². The minimum absolute atomic E-state index is 0.0694. The quantitative estimate of drug-likeness (QED) is 0.702. The predicted octanol–water partition coefficient (Wildman–Crippen LogP) is 1.14. The first-order valence-electron chi connectivity index (χ1n) is 2.92. The number of pyridine rings is 1. The number of H-pyrrole nitrogens is 1. The third-order valence-corrected chi connectivity index (χ3v) is 1.94. The fraction of sp³-hybridized carbons (Fsp3) is 0.167. The Morgan fingerprint density at radius 3 is 2.73 bits per heavy atom. The van der Waals surface area contributed by atoms with Gasteiger partial charge in [0.05, 0.1) is 5.69 Å². The Bertz CT molecular complexity index is 321. The zero-order valence-corrected chi connectivity index (χ0v) is 7.04. The van der Waals surface area contributed by atoms with Gasteiger partial charge in [-0.15, -0.1) is 0 Å². The van der Waals surface area contributed by atoms with E-state index in [0.29, 0.717) is 5.69 Å². The maximum Gasteiger partial charge on any atom is 0.219 e. The van der Waals surface area contributed by atoms with Crippen molar-refractivity contribution in [2.75, 3.05) is 0 Å². The molecule has 60 valence electrons. The maximum atomic E-state index is 11.0. The number of nitrogens with one attached hydrogen (secondary N) is 1. The molecule has 0 saturated carbocycles. The van der Waals surface area contributed by atoms with Crippen molar-refractivity contribution in [2.24, 2.45) is 5.73 Å². The molecule has 3 nitrogen and oxygen atoms in total. The molecule has 11 heavy (non-hydrogen) atoms. The van der Waals surface area contributed by atoms with E-state index in [0.717, 1.165) is 0 Å². The number of aromatic amines is 1. The molecule has 0 aromatic carbocycles. The van der Waals surface area contributed by atoms with Crippen LogP contribution in [-0.2, 0) is 6.54 Å². The Hall–Kier alpha value is -0.510. The molecule has 0 fully saturated rings. The summed E-state index contributed by atoms with van der Waals surface area (Å²) in [5.41, 5.74) is 5.39. The second kappa shape index (κ2) is 3.26. The minimum atomic E-state index is -0.382. The van der Waals surface area contributed by atoms with Crippen LogP contribution in [0.5, 0.6) is 0 Å². The number of aromatic nitrogens is 1. The van der Waals surface area contributed by atoms with Gasteiger partial charge in [-0.1, -0.05) is 23.2 Å². The first-order valence-corrected chi connectivity index (χ1v) is 3.68. The molecule has 0 aliphatic heterocycles. The molecule has 1 rings (SSSR count). The van der Waals surface area contributed by atoms with Crippen LogP contribution in [0.15, 0.2) is 11.0 Å². The monoisotopic (exact) mass is 192 g/mol. The first kappa shape index (κ1) is 8.59. The van der Waals surface area contributed by atoms with Crippen molar-refractivity contribution in [1.82, 2.24) is 4.98 Å². The zero-order valence-electron chi connectivity index (χ0n) is 5.53. The Balaban J connectivity index is 3.37. The van der Waals surface area contributed by atoms with Crippen LogP contribution in [0.4, 0.5) is 0 Å². The lowest BCUT2D eigenvalue weighted by Crippen LogP contribution is -2.10. The molecule has 0 unspecified atom stereocenters. The molecule has 0 radical (unpaired) electrons. The van der Waals surface area contributed by atoms with E-state index in [4.69, 9.17) is 28.9 Å². The summed E-state index contributed by atoms with van der Waals surface area (Å²) < 4.78 is 0. The molecule has 1 heterocycles. The van der Waals surface area contributed by atoms with E-state index < -0.39 is 0 Å². The van der Waals surface area contributed by atoms with Crippen LogP contribution in [0.1, 0.15) is 5.69 Å². The average molecular weight is 193 g/mol. The molecule has 3 N–H and O–H groups in total. The van der Waals surface area contributed by atoms with Crippen molar-refractivity contribution in [3.63, 3.8) is 0 Å². The standard InChI is InChI=1S/C6H6Cl2N2O/c7-3-2-10-4(1-9)5(8)6(3)11/h2H,1,9H2,(H,10,11). The van der Waals surface area contributed by atoms with Crippen molar-refractivity contribution in [3.05, 3.63) is 32.2 Å². The molecule has 0 bridgehead atoms. The third kappa shape index (κ3) is 1.56. The second-order valence-corrected chi connectivity index (χ2v) is 2.75. The highest BCUT2D eigenvalue weighted by Crippen LogP contribution is 2.10. The van der Waals surface area contributed by atoms with E-state index in [1.807, 2.05) is 0 Å². The number of hydrogen-bond donors (Lipinski definition) is 2. The average Bonchev–Trinajstić information content (AvgIpc) is 2.01. The molecule has 0 saturated heterocycles. The van der Waals surface area contributed by atoms with Gasteiger partial charge in [0.25, 0.3) is 0 Å². The number of rotatable bonds is 1. The van der Waals surface area contributed by atoms with E-state index in [2.05, 4.69) is 4.98 Å². The topological polar surface area (TPSA) is 58.9 Å². The fourth-order valence-corrected chi connectivity index (χ4v) is 1.10. The molecular formula is C6H6Cl2N2O. The van der Waals surface area contributed by atoms with Crippen LogP contribution in [0.3, 0.4) is 0 Å². The van der Waals surface area contributed by atoms with Crippen LogP contribution in [0.2, 0.25) is 10.0 Å². The highest BCUT2D eigenvalue weighted by atomic mass is 35.5. The fourth-order valence-electron chi connectivity index (χ4n) is 0.670. The summed E-state index contributed by atoms with van der Waals surface area (Å²) in [6, 6.07) is 0. The van der Waals surface area contributed by atoms with Crippen LogP contribution < -0.4 is 11.2 Å². The highest BCUT2D eigenvalue weighted by Gasteiger charge is 2.05. The summed E-state index contributed by atoms with van der Waals surface area (Å²) in [5, 5.41) is 0.146. The third-order valence-electron chi connectivity index (χ3n) is 1.26. The van der Waals surface area contributed by atoms with Gasteiger partial charge in [0, 0.05) is 12.7 Å². The van der Waals surface area contributed by atoms with E-state index in [1.165, 1.54) is 6.20 Å². The molecule has 0 aliphatic carbocycles. The summed E-state index contributed by atoms with van der Waals surface area (Å²) in [6.07, 6.45) is 1.37. The molecular weight excluding hydrogens is 187 g/mol. The van der Waals surface area contributed by atoms with Crippen molar-refractivity contribution >= 4 is 23.2 Å². The Morgan fingerprint density at radius 1 is 1.55 bits per heavy atom.